The minimum Gasteiger partial charge on any atom is -0.337 e. The van der Waals surface area contributed by atoms with E-state index in [1.807, 2.05) is 12.4 Å². The fourth-order valence-electron chi connectivity index (χ4n) is 3.76. The quantitative estimate of drug-likeness (QED) is 0.880. The van der Waals surface area contributed by atoms with Crippen LogP contribution in [0, 0.1) is 0 Å². The van der Waals surface area contributed by atoms with Gasteiger partial charge in [0.15, 0.2) is 0 Å². The molecule has 2 unspecified atom stereocenters. The lowest BCUT2D eigenvalue weighted by molar-refractivity contribution is 0.105. The van der Waals surface area contributed by atoms with E-state index in [1.54, 1.807) is 0 Å². The Bertz CT molecular complexity index is 400. The van der Waals surface area contributed by atoms with Crippen LogP contribution in [-0.2, 0) is 13.6 Å². The van der Waals surface area contributed by atoms with Gasteiger partial charge in [-0.15, -0.1) is 0 Å². The molecular weight excluding hydrogens is 236 g/mol. The summed E-state index contributed by atoms with van der Waals surface area (Å²) in [5, 5.41) is 3.72. The van der Waals surface area contributed by atoms with Crippen molar-refractivity contribution in [2.45, 2.75) is 63.7 Å². The molecule has 1 aromatic rings. The normalized spacial score (nSPS) is 30.9. The molecule has 2 atom stereocenters. The minimum atomic E-state index is 0.745. The Balaban J connectivity index is 1.62. The lowest BCUT2D eigenvalue weighted by Crippen LogP contribution is -2.49. The lowest BCUT2D eigenvalue weighted by Gasteiger charge is -2.39. The summed E-state index contributed by atoms with van der Waals surface area (Å²) in [6.45, 7) is 4.45. The van der Waals surface area contributed by atoms with Crippen LogP contribution in [0.4, 0.5) is 0 Å². The van der Waals surface area contributed by atoms with Crippen molar-refractivity contribution in [3.8, 4) is 0 Å². The number of nitrogens with zero attached hydrogens (tertiary/aromatic N) is 3. The Morgan fingerprint density at radius 3 is 2.63 bits per heavy atom. The van der Waals surface area contributed by atoms with Gasteiger partial charge in [0.25, 0.3) is 0 Å². The molecule has 1 N–H and O–H groups in total. The molecular formula is C15H26N4. The molecule has 2 saturated heterocycles. The maximum Gasteiger partial charge on any atom is 0.122 e. The van der Waals surface area contributed by atoms with Crippen molar-refractivity contribution in [2.24, 2.45) is 7.05 Å². The average molecular weight is 262 g/mol. The first-order valence-electron chi connectivity index (χ1n) is 7.73. The van der Waals surface area contributed by atoms with E-state index in [1.165, 1.54) is 44.5 Å². The van der Waals surface area contributed by atoms with E-state index >= 15 is 0 Å². The smallest absolute Gasteiger partial charge is 0.122 e. The van der Waals surface area contributed by atoms with Crippen LogP contribution in [0.2, 0.25) is 0 Å². The number of hydrogen-bond donors (Lipinski definition) is 1. The number of aryl methyl sites for hydroxylation is 1. The Kier molecular flexibility index (Phi) is 3.89. The van der Waals surface area contributed by atoms with Crippen molar-refractivity contribution < 1.29 is 0 Å². The van der Waals surface area contributed by atoms with Crippen molar-refractivity contribution in [3.63, 3.8) is 0 Å². The van der Waals surface area contributed by atoms with Gasteiger partial charge in [-0.2, -0.15) is 0 Å². The molecule has 0 spiro atoms. The first-order valence-corrected chi connectivity index (χ1v) is 7.73. The van der Waals surface area contributed by atoms with Crippen LogP contribution in [0.5, 0.6) is 0 Å². The highest BCUT2D eigenvalue weighted by molar-refractivity contribution is 5.01. The molecule has 0 saturated carbocycles. The Labute approximate surface area is 116 Å². The summed E-state index contributed by atoms with van der Waals surface area (Å²) < 4.78 is 2.15. The van der Waals surface area contributed by atoms with Crippen LogP contribution in [-0.4, -0.2) is 39.1 Å². The number of nitrogens with one attached hydrogen (secondary N) is 1. The maximum atomic E-state index is 4.48. The second kappa shape index (κ2) is 5.63. The molecule has 2 fully saturated rings. The summed E-state index contributed by atoms with van der Waals surface area (Å²) in [5.41, 5.74) is 0. The highest BCUT2D eigenvalue weighted by Crippen LogP contribution is 2.36. The fraction of sp³-hybridized carbons (Fsp3) is 0.800. The van der Waals surface area contributed by atoms with E-state index in [2.05, 4.69) is 33.7 Å². The van der Waals surface area contributed by atoms with Crippen molar-refractivity contribution in [2.75, 3.05) is 6.54 Å². The number of rotatable bonds is 5. The van der Waals surface area contributed by atoms with Gasteiger partial charge >= 0.3 is 0 Å². The summed E-state index contributed by atoms with van der Waals surface area (Å²) in [4.78, 5) is 7.18. The fourth-order valence-corrected chi connectivity index (χ4v) is 3.76. The second-order valence-electron chi connectivity index (χ2n) is 6.13. The maximum absolute atomic E-state index is 4.48. The van der Waals surface area contributed by atoms with Gasteiger partial charge in [-0.05, 0) is 38.6 Å². The molecule has 2 aliphatic heterocycles. The van der Waals surface area contributed by atoms with Crippen molar-refractivity contribution in [1.29, 1.82) is 0 Å². The van der Waals surface area contributed by atoms with E-state index in [0.29, 0.717) is 0 Å². The van der Waals surface area contributed by atoms with E-state index in [0.717, 1.165) is 24.7 Å². The van der Waals surface area contributed by atoms with Crippen LogP contribution in [0.3, 0.4) is 0 Å². The van der Waals surface area contributed by atoms with Crippen molar-refractivity contribution in [3.05, 3.63) is 18.2 Å². The predicted molar refractivity (Wildman–Crippen MR) is 76.9 cm³/mol. The summed E-state index contributed by atoms with van der Waals surface area (Å²) >= 11 is 0. The number of piperidine rings is 1. The zero-order chi connectivity index (χ0) is 13.2. The lowest BCUT2D eigenvalue weighted by atomic mass is 9.97. The Morgan fingerprint density at radius 2 is 2.05 bits per heavy atom. The highest BCUT2D eigenvalue weighted by Gasteiger charge is 2.40. The molecule has 2 aliphatic rings. The molecule has 106 valence electrons. The third kappa shape index (κ3) is 2.70. The van der Waals surface area contributed by atoms with Crippen LogP contribution in [0.25, 0.3) is 0 Å². The molecule has 0 radical (unpaired) electrons. The third-order valence-corrected chi connectivity index (χ3v) is 4.81. The van der Waals surface area contributed by atoms with Crippen molar-refractivity contribution in [1.82, 2.24) is 19.8 Å². The van der Waals surface area contributed by atoms with E-state index in [-0.39, 0.29) is 0 Å². The van der Waals surface area contributed by atoms with Gasteiger partial charge in [0.2, 0.25) is 0 Å². The SMILES string of the molecule is CCCNC1CC2CCC(C1)N2Cc1nccn1C. The van der Waals surface area contributed by atoms with Gasteiger partial charge in [-0.25, -0.2) is 4.98 Å². The number of hydrogen-bond acceptors (Lipinski definition) is 3. The monoisotopic (exact) mass is 262 g/mol. The first-order chi connectivity index (χ1) is 9.28. The molecule has 19 heavy (non-hydrogen) atoms. The molecule has 2 bridgehead atoms. The van der Waals surface area contributed by atoms with Crippen molar-refractivity contribution >= 4 is 0 Å². The number of aromatic nitrogens is 2. The Hall–Kier alpha value is -0.870. The summed E-state index contributed by atoms with van der Waals surface area (Å²) in [7, 11) is 2.10. The molecule has 3 rings (SSSR count). The number of fused-ring (bicyclic) bond motifs is 2. The zero-order valence-corrected chi connectivity index (χ0v) is 12.2. The summed E-state index contributed by atoms with van der Waals surface area (Å²) in [6, 6.07) is 2.28. The molecule has 4 nitrogen and oxygen atoms in total. The number of imidazole rings is 1. The molecule has 0 amide bonds. The molecule has 4 heteroatoms. The molecule has 3 heterocycles. The third-order valence-electron chi connectivity index (χ3n) is 4.81. The van der Waals surface area contributed by atoms with Crippen LogP contribution < -0.4 is 5.32 Å². The Morgan fingerprint density at radius 1 is 1.32 bits per heavy atom. The first kappa shape index (κ1) is 13.1. The van der Waals surface area contributed by atoms with Gasteiger partial charge in [0.05, 0.1) is 6.54 Å². The highest BCUT2D eigenvalue weighted by atomic mass is 15.3. The van der Waals surface area contributed by atoms with Gasteiger partial charge < -0.3 is 9.88 Å². The van der Waals surface area contributed by atoms with Gasteiger partial charge in [0, 0.05) is 37.6 Å². The molecule has 0 aliphatic carbocycles. The van der Waals surface area contributed by atoms with Crippen LogP contribution in [0.15, 0.2) is 12.4 Å². The van der Waals surface area contributed by atoms with E-state index in [9.17, 15) is 0 Å². The summed E-state index contributed by atoms with van der Waals surface area (Å²) in [6.07, 6.45) is 10.6. The van der Waals surface area contributed by atoms with Gasteiger partial charge in [-0.1, -0.05) is 6.92 Å². The van der Waals surface area contributed by atoms with Gasteiger partial charge in [-0.3, -0.25) is 4.90 Å². The van der Waals surface area contributed by atoms with Crippen LogP contribution in [0.1, 0.15) is 44.9 Å². The summed E-state index contributed by atoms with van der Waals surface area (Å²) in [5.74, 6) is 1.21. The topological polar surface area (TPSA) is 33.1 Å². The predicted octanol–water partition coefficient (Wildman–Crippen LogP) is 1.92. The van der Waals surface area contributed by atoms with E-state index in [4.69, 9.17) is 0 Å². The zero-order valence-electron chi connectivity index (χ0n) is 12.2. The van der Waals surface area contributed by atoms with E-state index < -0.39 is 0 Å². The molecule has 0 aromatic carbocycles. The second-order valence-corrected chi connectivity index (χ2v) is 6.13. The van der Waals surface area contributed by atoms with Gasteiger partial charge in [0.1, 0.15) is 5.82 Å². The van der Waals surface area contributed by atoms with Crippen LogP contribution >= 0.6 is 0 Å². The minimum absolute atomic E-state index is 0.745. The average Bonchev–Trinajstić information content (AvgIpc) is 2.90. The largest absolute Gasteiger partial charge is 0.337 e. The molecule has 1 aromatic heterocycles. The standard InChI is InChI=1S/C15H26N4/c1-3-6-16-12-9-13-4-5-14(10-12)19(13)11-15-17-7-8-18(15)2/h7-8,12-14,16H,3-6,9-11H2,1-2H3.